The Hall–Kier alpha value is -1.69. The van der Waals surface area contributed by atoms with Crippen LogP contribution in [0.25, 0.3) is 0 Å². The zero-order chi connectivity index (χ0) is 18.8. The molecule has 3 aliphatic rings. The molecule has 2 saturated heterocycles. The highest BCUT2D eigenvalue weighted by atomic mass is 16.2. The maximum absolute atomic E-state index is 12.6. The summed E-state index contributed by atoms with van der Waals surface area (Å²) in [4.78, 5) is 34.3. The molecule has 1 amide bonds. The molecule has 1 aromatic rings. The van der Waals surface area contributed by atoms with E-state index in [-0.39, 0.29) is 17.4 Å². The van der Waals surface area contributed by atoms with E-state index in [2.05, 4.69) is 11.8 Å². The average molecular weight is 373 g/mol. The summed E-state index contributed by atoms with van der Waals surface area (Å²) in [5, 5.41) is 0. The van der Waals surface area contributed by atoms with Crippen molar-refractivity contribution in [2.45, 2.75) is 64.3 Å². The van der Waals surface area contributed by atoms with Gasteiger partial charge in [0.05, 0.1) is 12.2 Å². The quantitative estimate of drug-likeness (QED) is 0.814. The zero-order valence-electron chi connectivity index (χ0n) is 16.5. The lowest BCUT2D eigenvalue weighted by atomic mass is 9.99. The van der Waals surface area contributed by atoms with Crippen LogP contribution in [0.3, 0.4) is 0 Å². The molecule has 0 N–H and O–H groups in total. The highest BCUT2D eigenvalue weighted by Crippen LogP contribution is 2.26. The van der Waals surface area contributed by atoms with Crippen LogP contribution in [0, 0.1) is 5.92 Å². The number of rotatable bonds is 3. The molecular weight excluding hydrogens is 340 g/mol. The minimum atomic E-state index is 0.105. The van der Waals surface area contributed by atoms with Gasteiger partial charge in [-0.15, -0.1) is 0 Å². The fourth-order valence-corrected chi connectivity index (χ4v) is 4.71. The molecule has 2 fully saturated rings. The summed E-state index contributed by atoms with van der Waals surface area (Å²) in [6, 6.07) is 1.75. The SMILES string of the molecule is CC1CCN(C(=O)CN2CC[C@H](c3cc(=O)n4c(n3)CCCCC4)C2)CC1. The van der Waals surface area contributed by atoms with E-state index >= 15 is 0 Å². The highest BCUT2D eigenvalue weighted by molar-refractivity contribution is 5.78. The van der Waals surface area contributed by atoms with E-state index in [9.17, 15) is 9.59 Å². The van der Waals surface area contributed by atoms with Crippen LogP contribution in [0.2, 0.25) is 0 Å². The summed E-state index contributed by atoms with van der Waals surface area (Å²) < 4.78 is 1.87. The van der Waals surface area contributed by atoms with E-state index in [1.165, 1.54) is 6.42 Å². The maximum Gasteiger partial charge on any atom is 0.253 e. The van der Waals surface area contributed by atoms with Gasteiger partial charge in [0, 0.05) is 44.6 Å². The monoisotopic (exact) mass is 372 g/mol. The van der Waals surface area contributed by atoms with E-state index in [1.807, 2.05) is 9.47 Å². The van der Waals surface area contributed by atoms with Crippen molar-refractivity contribution in [3.63, 3.8) is 0 Å². The van der Waals surface area contributed by atoms with Gasteiger partial charge in [-0.2, -0.15) is 0 Å². The number of hydrogen-bond donors (Lipinski definition) is 0. The number of hydrogen-bond acceptors (Lipinski definition) is 4. The first kappa shape index (κ1) is 18.7. The number of amides is 1. The normalized spacial score (nSPS) is 24.6. The van der Waals surface area contributed by atoms with Crippen LogP contribution < -0.4 is 5.56 Å². The predicted molar refractivity (Wildman–Crippen MR) is 105 cm³/mol. The smallest absolute Gasteiger partial charge is 0.253 e. The Morgan fingerprint density at radius 1 is 1.11 bits per heavy atom. The van der Waals surface area contributed by atoms with Gasteiger partial charge in [0.15, 0.2) is 0 Å². The Bertz CT molecular complexity index is 736. The van der Waals surface area contributed by atoms with Gasteiger partial charge in [-0.05, 0) is 44.6 Å². The number of carbonyl (C=O) groups excluding carboxylic acids is 1. The summed E-state index contributed by atoms with van der Waals surface area (Å²) in [7, 11) is 0. The molecule has 1 atom stereocenters. The summed E-state index contributed by atoms with van der Waals surface area (Å²) >= 11 is 0. The average Bonchev–Trinajstić information content (AvgIpc) is 2.98. The van der Waals surface area contributed by atoms with Gasteiger partial charge in [-0.1, -0.05) is 13.3 Å². The fraction of sp³-hybridized carbons (Fsp3) is 0.762. The van der Waals surface area contributed by atoms with E-state index in [0.29, 0.717) is 6.54 Å². The lowest BCUT2D eigenvalue weighted by Gasteiger charge is -2.31. The molecule has 0 aliphatic carbocycles. The Kier molecular flexibility index (Phi) is 5.62. The molecule has 0 spiro atoms. The third kappa shape index (κ3) is 4.26. The Morgan fingerprint density at radius 2 is 1.93 bits per heavy atom. The number of carbonyl (C=O) groups is 1. The van der Waals surface area contributed by atoms with Crippen molar-refractivity contribution in [3.05, 3.63) is 27.9 Å². The number of nitrogens with zero attached hydrogens (tertiary/aromatic N) is 4. The molecule has 148 valence electrons. The van der Waals surface area contributed by atoms with Crippen LogP contribution in [0.4, 0.5) is 0 Å². The highest BCUT2D eigenvalue weighted by Gasteiger charge is 2.29. The largest absolute Gasteiger partial charge is 0.342 e. The Morgan fingerprint density at radius 3 is 2.74 bits per heavy atom. The fourth-order valence-electron chi connectivity index (χ4n) is 4.71. The van der Waals surface area contributed by atoms with Gasteiger partial charge in [0.25, 0.3) is 5.56 Å². The lowest BCUT2D eigenvalue weighted by molar-refractivity contribution is -0.133. The van der Waals surface area contributed by atoms with Crippen LogP contribution in [0.5, 0.6) is 0 Å². The minimum absolute atomic E-state index is 0.105. The minimum Gasteiger partial charge on any atom is -0.342 e. The van der Waals surface area contributed by atoms with E-state index < -0.39 is 0 Å². The van der Waals surface area contributed by atoms with Crippen LogP contribution in [0.15, 0.2) is 10.9 Å². The van der Waals surface area contributed by atoms with Crippen molar-refractivity contribution in [1.82, 2.24) is 19.4 Å². The first-order valence-corrected chi connectivity index (χ1v) is 10.7. The maximum atomic E-state index is 12.6. The molecule has 1 aromatic heterocycles. The number of aryl methyl sites for hydroxylation is 1. The molecule has 6 heteroatoms. The summed E-state index contributed by atoms with van der Waals surface area (Å²) in [5.74, 6) is 2.24. The van der Waals surface area contributed by atoms with Crippen molar-refractivity contribution in [3.8, 4) is 0 Å². The summed E-state index contributed by atoms with van der Waals surface area (Å²) in [6.07, 6.45) is 7.51. The third-order valence-electron chi connectivity index (χ3n) is 6.58. The second-order valence-corrected chi connectivity index (χ2v) is 8.68. The second-order valence-electron chi connectivity index (χ2n) is 8.68. The number of piperidine rings is 1. The molecule has 0 bridgehead atoms. The molecule has 3 aliphatic heterocycles. The van der Waals surface area contributed by atoms with Crippen molar-refractivity contribution in [1.29, 1.82) is 0 Å². The number of fused-ring (bicyclic) bond motifs is 1. The van der Waals surface area contributed by atoms with E-state index in [0.717, 1.165) is 88.7 Å². The zero-order valence-corrected chi connectivity index (χ0v) is 16.5. The molecule has 6 nitrogen and oxygen atoms in total. The first-order valence-electron chi connectivity index (χ1n) is 10.7. The molecular formula is C21H32N4O2. The molecule has 27 heavy (non-hydrogen) atoms. The van der Waals surface area contributed by atoms with E-state index in [4.69, 9.17) is 4.98 Å². The summed E-state index contributed by atoms with van der Waals surface area (Å²) in [5.41, 5.74) is 1.05. The van der Waals surface area contributed by atoms with Gasteiger partial charge >= 0.3 is 0 Å². The van der Waals surface area contributed by atoms with Gasteiger partial charge in [-0.25, -0.2) is 4.98 Å². The first-order chi connectivity index (χ1) is 13.1. The van der Waals surface area contributed by atoms with Crippen LogP contribution in [0.1, 0.15) is 62.9 Å². The van der Waals surface area contributed by atoms with Crippen molar-refractivity contribution in [2.24, 2.45) is 5.92 Å². The van der Waals surface area contributed by atoms with Crippen LogP contribution in [-0.2, 0) is 17.8 Å². The van der Waals surface area contributed by atoms with Crippen LogP contribution in [-0.4, -0.2) is 58.0 Å². The molecule has 0 aromatic carbocycles. The van der Waals surface area contributed by atoms with Crippen molar-refractivity contribution >= 4 is 5.91 Å². The molecule has 4 heterocycles. The second kappa shape index (κ2) is 8.13. The molecule has 4 rings (SSSR count). The van der Waals surface area contributed by atoms with Crippen LogP contribution >= 0.6 is 0 Å². The van der Waals surface area contributed by atoms with Gasteiger partial charge in [0.1, 0.15) is 5.82 Å². The van der Waals surface area contributed by atoms with Gasteiger partial charge in [0.2, 0.25) is 5.91 Å². The van der Waals surface area contributed by atoms with Gasteiger partial charge in [-0.3, -0.25) is 19.1 Å². The van der Waals surface area contributed by atoms with Gasteiger partial charge < -0.3 is 4.90 Å². The predicted octanol–water partition coefficient (Wildman–Crippen LogP) is 2.02. The number of likely N-dealkylation sites (tertiary alicyclic amines) is 2. The molecule has 0 radical (unpaired) electrons. The third-order valence-corrected chi connectivity index (χ3v) is 6.58. The van der Waals surface area contributed by atoms with E-state index in [1.54, 1.807) is 6.07 Å². The molecule has 0 saturated carbocycles. The van der Waals surface area contributed by atoms with Crippen molar-refractivity contribution in [2.75, 3.05) is 32.7 Å². The summed E-state index contributed by atoms with van der Waals surface area (Å²) in [6.45, 7) is 7.15. The standard InChI is InChI=1S/C21H32N4O2/c1-16-6-11-24(12-7-16)21(27)15-23-10-8-17(14-23)18-13-20(26)25-9-4-2-3-5-19(25)22-18/h13,16-17H,2-12,14-15H2,1H3/t17-/m0/s1. The topological polar surface area (TPSA) is 58.4 Å². The Balaban J connectivity index is 1.38. The van der Waals surface area contributed by atoms with Crippen molar-refractivity contribution < 1.29 is 4.79 Å². The lowest BCUT2D eigenvalue weighted by Crippen LogP contribution is -2.43. The Labute approximate surface area is 161 Å². The number of aromatic nitrogens is 2. The molecule has 0 unspecified atom stereocenters.